The number of carbonyl (C=O) groups excluding carboxylic acids is 1. The van der Waals surface area contributed by atoms with Crippen LogP contribution >= 0.6 is 15.9 Å². The smallest absolute Gasteiger partial charge is 0.127 e. The van der Waals surface area contributed by atoms with Gasteiger partial charge in [-0.25, -0.2) is 0 Å². The van der Waals surface area contributed by atoms with E-state index in [4.69, 9.17) is 0 Å². The van der Waals surface area contributed by atoms with E-state index in [9.17, 15) is 4.79 Å². The number of alkyl halides is 1. The van der Waals surface area contributed by atoms with Gasteiger partial charge >= 0.3 is 0 Å². The molecule has 2 rings (SSSR count). The third-order valence-electron chi connectivity index (χ3n) is 4.31. The van der Waals surface area contributed by atoms with Crippen molar-refractivity contribution in [1.29, 1.82) is 0 Å². The molecule has 12 heavy (non-hydrogen) atoms. The summed E-state index contributed by atoms with van der Waals surface area (Å²) in [6, 6.07) is 0. The van der Waals surface area contributed by atoms with Crippen molar-refractivity contribution in [3.05, 3.63) is 0 Å². The van der Waals surface area contributed by atoms with Crippen molar-refractivity contribution in [3.63, 3.8) is 0 Å². The molecule has 2 aliphatic rings. The molecular weight excluding hydrogens is 216 g/mol. The summed E-state index contributed by atoms with van der Waals surface area (Å²) in [7, 11) is 0. The molecule has 0 saturated heterocycles. The molecule has 2 heteroatoms. The highest BCUT2D eigenvalue weighted by Gasteiger charge is 2.61. The molecular formula is C10H15BrO. The first-order valence-electron chi connectivity index (χ1n) is 4.64. The van der Waals surface area contributed by atoms with Crippen LogP contribution in [0.3, 0.4) is 0 Å². The van der Waals surface area contributed by atoms with Crippen molar-refractivity contribution in [2.24, 2.45) is 16.7 Å². The minimum atomic E-state index is -0.115. The van der Waals surface area contributed by atoms with Gasteiger partial charge in [-0.05, 0) is 30.6 Å². The standard InChI is InChI=1S/C10H15BrO/c1-9-4-3-7(5-9)8(11)10(9,2)6-12/h6-8H,3-5H2,1-2H3. The first-order chi connectivity index (χ1) is 5.53. The molecule has 2 aliphatic carbocycles. The van der Waals surface area contributed by atoms with Gasteiger partial charge in [0.2, 0.25) is 0 Å². The number of aldehydes is 1. The summed E-state index contributed by atoms with van der Waals surface area (Å²) >= 11 is 3.68. The molecule has 2 saturated carbocycles. The Morgan fingerprint density at radius 1 is 1.50 bits per heavy atom. The van der Waals surface area contributed by atoms with Gasteiger partial charge in [0.15, 0.2) is 0 Å². The maximum atomic E-state index is 11.1. The molecule has 0 aliphatic heterocycles. The Kier molecular flexibility index (Phi) is 1.70. The van der Waals surface area contributed by atoms with Crippen LogP contribution in [0.2, 0.25) is 0 Å². The molecule has 0 aromatic heterocycles. The van der Waals surface area contributed by atoms with Gasteiger partial charge < -0.3 is 4.79 Å². The number of halogens is 1. The third-order valence-corrected chi connectivity index (χ3v) is 6.01. The van der Waals surface area contributed by atoms with Crippen LogP contribution in [0.4, 0.5) is 0 Å². The van der Waals surface area contributed by atoms with Gasteiger partial charge in [-0.1, -0.05) is 29.8 Å². The molecule has 2 fully saturated rings. The number of carbonyl (C=O) groups is 1. The van der Waals surface area contributed by atoms with Crippen LogP contribution in [0.5, 0.6) is 0 Å². The van der Waals surface area contributed by atoms with Crippen molar-refractivity contribution >= 4 is 22.2 Å². The highest BCUT2D eigenvalue weighted by molar-refractivity contribution is 9.09. The summed E-state index contributed by atoms with van der Waals surface area (Å²) in [5.74, 6) is 0.741. The van der Waals surface area contributed by atoms with Crippen molar-refractivity contribution in [2.45, 2.75) is 37.9 Å². The minimum Gasteiger partial charge on any atom is -0.303 e. The lowest BCUT2D eigenvalue weighted by atomic mass is 9.66. The van der Waals surface area contributed by atoms with Crippen molar-refractivity contribution < 1.29 is 4.79 Å². The average molecular weight is 231 g/mol. The van der Waals surface area contributed by atoms with E-state index in [0.717, 1.165) is 5.92 Å². The second kappa shape index (κ2) is 2.34. The Bertz CT molecular complexity index is 228. The Balaban J connectivity index is 2.41. The monoisotopic (exact) mass is 230 g/mol. The Hall–Kier alpha value is 0.150. The van der Waals surface area contributed by atoms with Gasteiger partial charge in [0.25, 0.3) is 0 Å². The number of hydrogen-bond donors (Lipinski definition) is 0. The highest BCUT2D eigenvalue weighted by atomic mass is 79.9. The van der Waals surface area contributed by atoms with Gasteiger partial charge in [0.1, 0.15) is 6.29 Å². The summed E-state index contributed by atoms with van der Waals surface area (Å²) < 4.78 is 0. The number of rotatable bonds is 1. The fourth-order valence-corrected chi connectivity index (χ4v) is 4.17. The molecule has 4 unspecified atom stereocenters. The van der Waals surface area contributed by atoms with E-state index in [-0.39, 0.29) is 10.8 Å². The molecule has 0 radical (unpaired) electrons. The Morgan fingerprint density at radius 2 is 2.17 bits per heavy atom. The van der Waals surface area contributed by atoms with Crippen LogP contribution in [-0.2, 0) is 4.79 Å². The molecule has 0 heterocycles. The molecule has 4 atom stereocenters. The number of hydrogen-bond acceptors (Lipinski definition) is 1. The lowest BCUT2D eigenvalue weighted by Gasteiger charge is -2.40. The van der Waals surface area contributed by atoms with Gasteiger partial charge in [0, 0.05) is 10.2 Å². The second-order valence-corrected chi connectivity index (χ2v) is 5.85. The van der Waals surface area contributed by atoms with Crippen LogP contribution in [0.15, 0.2) is 0 Å². The van der Waals surface area contributed by atoms with Gasteiger partial charge in [-0.15, -0.1) is 0 Å². The quantitative estimate of drug-likeness (QED) is 0.501. The lowest BCUT2D eigenvalue weighted by Crippen LogP contribution is -2.41. The normalized spacial score (nSPS) is 57.6. The van der Waals surface area contributed by atoms with Gasteiger partial charge in [-0.2, -0.15) is 0 Å². The number of fused-ring (bicyclic) bond motifs is 2. The maximum Gasteiger partial charge on any atom is 0.127 e. The van der Waals surface area contributed by atoms with E-state index in [0.29, 0.717) is 4.83 Å². The summed E-state index contributed by atoms with van der Waals surface area (Å²) in [6.07, 6.45) is 4.94. The summed E-state index contributed by atoms with van der Waals surface area (Å²) in [5, 5.41) is 0. The summed E-state index contributed by atoms with van der Waals surface area (Å²) in [4.78, 5) is 11.5. The molecule has 2 bridgehead atoms. The zero-order valence-electron chi connectivity index (χ0n) is 7.64. The van der Waals surface area contributed by atoms with E-state index in [1.807, 2.05) is 0 Å². The predicted octanol–water partition coefficient (Wildman–Crippen LogP) is 2.78. The minimum absolute atomic E-state index is 0.115. The SMILES string of the molecule is CC12CCC(C1)C(Br)C2(C)C=O. The van der Waals surface area contributed by atoms with E-state index in [1.165, 1.54) is 25.5 Å². The van der Waals surface area contributed by atoms with E-state index < -0.39 is 0 Å². The molecule has 0 amide bonds. The van der Waals surface area contributed by atoms with Crippen molar-refractivity contribution in [1.82, 2.24) is 0 Å². The van der Waals surface area contributed by atoms with Crippen LogP contribution in [-0.4, -0.2) is 11.1 Å². The second-order valence-electron chi connectivity index (χ2n) is 4.87. The van der Waals surface area contributed by atoms with Crippen LogP contribution < -0.4 is 0 Å². The zero-order chi connectivity index (χ0) is 8.98. The predicted molar refractivity (Wildman–Crippen MR) is 52.3 cm³/mol. The van der Waals surface area contributed by atoms with Crippen LogP contribution in [0.25, 0.3) is 0 Å². The van der Waals surface area contributed by atoms with Crippen LogP contribution in [0.1, 0.15) is 33.1 Å². The molecule has 0 spiro atoms. The average Bonchev–Trinajstić information content (AvgIpc) is 2.52. The molecule has 0 aromatic carbocycles. The fraction of sp³-hybridized carbons (Fsp3) is 0.900. The fourth-order valence-electron chi connectivity index (χ4n) is 3.06. The topological polar surface area (TPSA) is 17.1 Å². The van der Waals surface area contributed by atoms with Crippen molar-refractivity contribution in [2.75, 3.05) is 0 Å². The largest absolute Gasteiger partial charge is 0.303 e. The zero-order valence-corrected chi connectivity index (χ0v) is 9.23. The molecule has 1 nitrogen and oxygen atoms in total. The van der Waals surface area contributed by atoms with Crippen LogP contribution in [0, 0.1) is 16.7 Å². The lowest BCUT2D eigenvalue weighted by molar-refractivity contribution is -0.120. The molecule has 0 aromatic rings. The third kappa shape index (κ3) is 0.773. The Labute approximate surface area is 82.0 Å². The van der Waals surface area contributed by atoms with E-state index >= 15 is 0 Å². The molecule has 68 valence electrons. The van der Waals surface area contributed by atoms with Gasteiger partial charge in [-0.3, -0.25) is 0 Å². The first kappa shape index (κ1) is 8.74. The Morgan fingerprint density at radius 3 is 2.50 bits per heavy atom. The highest BCUT2D eigenvalue weighted by Crippen LogP contribution is 2.65. The maximum absolute atomic E-state index is 11.1. The summed E-state index contributed by atoms with van der Waals surface area (Å²) in [5.41, 5.74) is 0.156. The van der Waals surface area contributed by atoms with E-state index in [1.54, 1.807) is 0 Å². The summed E-state index contributed by atoms with van der Waals surface area (Å²) in [6.45, 7) is 4.38. The first-order valence-corrected chi connectivity index (χ1v) is 5.55. The molecule has 0 N–H and O–H groups in total. The van der Waals surface area contributed by atoms with E-state index in [2.05, 4.69) is 29.8 Å². The van der Waals surface area contributed by atoms with Crippen molar-refractivity contribution in [3.8, 4) is 0 Å². The van der Waals surface area contributed by atoms with Gasteiger partial charge in [0.05, 0.1) is 0 Å².